The molecule has 0 bridgehead atoms. The first-order valence-electron chi connectivity index (χ1n) is 7.36. The molecule has 0 spiro atoms. The Bertz CT molecular complexity index is 496. The average Bonchev–Trinajstić information content (AvgIpc) is 3.13. The highest BCUT2D eigenvalue weighted by Crippen LogP contribution is 2.50. The quantitative estimate of drug-likeness (QED) is 0.911. The molecule has 3 rings (SSSR count). The van der Waals surface area contributed by atoms with E-state index in [-0.39, 0.29) is 17.1 Å². The zero-order chi connectivity index (χ0) is 14.2. The summed E-state index contributed by atoms with van der Waals surface area (Å²) in [5.41, 5.74) is 0.614. The van der Waals surface area contributed by atoms with Gasteiger partial charge in [-0.1, -0.05) is 12.1 Å². The Morgan fingerprint density at radius 1 is 1.40 bits per heavy atom. The predicted molar refractivity (Wildman–Crippen MR) is 75.9 cm³/mol. The molecule has 0 aromatic heterocycles. The fourth-order valence-corrected chi connectivity index (χ4v) is 3.30. The van der Waals surface area contributed by atoms with E-state index in [1.165, 1.54) is 12.1 Å². The Morgan fingerprint density at radius 2 is 2.10 bits per heavy atom. The number of nitrogens with zero attached hydrogens (tertiary/aromatic N) is 1. The molecule has 1 aromatic carbocycles. The Balaban J connectivity index is 1.72. The monoisotopic (exact) mass is 276 g/mol. The van der Waals surface area contributed by atoms with Crippen LogP contribution in [0.2, 0.25) is 0 Å². The number of amides is 1. The number of rotatable bonds is 4. The molecule has 1 amide bonds. The topological polar surface area (TPSA) is 32.3 Å². The minimum Gasteiger partial charge on any atom is -0.342 e. The number of hydrogen-bond donors (Lipinski definition) is 1. The van der Waals surface area contributed by atoms with E-state index in [0.29, 0.717) is 5.92 Å². The molecule has 20 heavy (non-hydrogen) atoms. The van der Waals surface area contributed by atoms with Crippen molar-refractivity contribution < 1.29 is 9.18 Å². The molecule has 1 aromatic rings. The van der Waals surface area contributed by atoms with Crippen molar-refractivity contribution in [1.82, 2.24) is 10.2 Å². The highest BCUT2D eigenvalue weighted by atomic mass is 19.1. The number of halogens is 1. The lowest BCUT2D eigenvalue weighted by atomic mass is 9.94. The van der Waals surface area contributed by atoms with E-state index in [4.69, 9.17) is 0 Å². The van der Waals surface area contributed by atoms with Crippen LogP contribution in [0, 0.1) is 11.7 Å². The van der Waals surface area contributed by atoms with Crippen LogP contribution in [0.1, 0.15) is 24.8 Å². The summed E-state index contributed by atoms with van der Waals surface area (Å²) in [5, 5.41) is 3.18. The molecule has 1 atom stereocenters. The van der Waals surface area contributed by atoms with E-state index in [1.807, 2.05) is 11.9 Å². The maximum Gasteiger partial charge on any atom is 0.233 e. The number of hydrogen-bond acceptors (Lipinski definition) is 2. The van der Waals surface area contributed by atoms with Crippen molar-refractivity contribution in [2.45, 2.75) is 24.7 Å². The SMILES string of the molecule is CNCC1CCN(C(=O)C2(c3ccc(F)cc3)CC2)C1. The fraction of sp³-hybridized carbons (Fsp3) is 0.562. The molecular formula is C16H21FN2O. The van der Waals surface area contributed by atoms with Gasteiger partial charge in [-0.3, -0.25) is 4.79 Å². The first-order chi connectivity index (χ1) is 9.65. The number of nitrogens with one attached hydrogen (secondary N) is 1. The molecule has 1 saturated carbocycles. The van der Waals surface area contributed by atoms with Gasteiger partial charge in [0.2, 0.25) is 5.91 Å². The third-order valence-corrected chi connectivity index (χ3v) is 4.62. The third kappa shape index (κ3) is 2.33. The maximum atomic E-state index is 13.0. The van der Waals surface area contributed by atoms with Crippen LogP contribution in [0.25, 0.3) is 0 Å². The molecule has 4 heteroatoms. The summed E-state index contributed by atoms with van der Waals surface area (Å²) >= 11 is 0. The van der Waals surface area contributed by atoms with Crippen molar-refractivity contribution in [3.8, 4) is 0 Å². The lowest BCUT2D eigenvalue weighted by Crippen LogP contribution is -2.38. The lowest BCUT2D eigenvalue weighted by Gasteiger charge is -2.23. The van der Waals surface area contributed by atoms with E-state index in [0.717, 1.165) is 44.5 Å². The van der Waals surface area contributed by atoms with E-state index >= 15 is 0 Å². The molecule has 1 heterocycles. The molecule has 0 radical (unpaired) electrons. The molecule has 3 nitrogen and oxygen atoms in total. The van der Waals surface area contributed by atoms with Crippen molar-refractivity contribution in [3.05, 3.63) is 35.6 Å². The highest BCUT2D eigenvalue weighted by molar-refractivity contribution is 5.91. The van der Waals surface area contributed by atoms with Crippen molar-refractivity contribution >= 4 is 5.91 Å². The van der Waals surface area contributed by atoms with Crippen LogP contribution >= 0.6 is 0 Å². The van der Waals surface area contributed by atoms with Gasteiger partial charge in [-0.05, 0) is 56.5 Å². The van der Waals surface area contributed by atoms with Gasteiger partial charge in [-0.25, -0.2) is 4.39 Å². The van der Waals surface area contributed by atoms with Gasteiger partial charge in [0, 0.05) is 13.1 Å². The summed E-state index contributed by atoms with van der Waals surface area (Å²) in [5.74, 6) is 0.558. The molecule has 2 fully saturated rings. The van der Waals surface area contributed by atoms with Crippen molar-refractivity contribution in [2.24, 2.45) is 5.92 Å². The molecular weight excluding hydrogens is 255 g/mol. The summed E-state index contributed by atoms with van der Waals surface area (Å²) < 4.78 is 13.0. The predicted octanol–water partition coefficient (Wildman–Crippen LogP) is 1.93. The van der Waals surface area contributed by atoms with Gasteiger partial charge < -0.3 is 10.2 Å². The van der Waals surface area contributed by atoms with Crippen molar-refractivity contribution in [3.63, 3.8) is 0 Å². The van der Waals surface area contributed by atoms with Gasteiger partial charge >= 0.3 is 0 Å². The average molecular weight is 276 g/mol. The molecule has 108 valence electrons. The van der Waals surface area contributed by atoms with Crippen LogP contribution in [0.4, 0.5) is 4.39 Å². The maximum absolute atomic E-state index is 13.0. The van der Waals surface area contributed by atoms with Crippen LogP contribution in [0.15, 0.2) is 24.3 Å². The molecule has 1 unspecified atom stereocenters. The van der Waals surface area contributed by atoms with Gasteiger partial charge in [-0.2, -0.15) is 0 Å². The second-order valence-electron chi connectivity index (χ2n) is 6.05. The Labute approximate surface area is 119 Å². The Kier molecular flexibility index (Phi) is 3.50. The number of likely N-dealkylation sites (tertiary alicyclic amines) is 1. The van der Waals surface area contributed by atoms with Gasteiger partial charge in [0.15, 0.2) is 0 Å². The van der Waals surface area contributed by atoms with E-state index in [1.54, 1.807) is 12.1 Å². The van der Waals surface area contributed by atoms with Crippen LogP contribution in [0.3, 0.4) is 0 Å². The summed E-state index contributed by atoms with van der Waals surface area (Å²) in [6.07, 6.45) is 2.86. The van der Waals surface area contributed by atoms with Crippen molar-refractivity contribution in [1.29, 1.82) is 0 Å². The molecule has 1 aliphatic heterocycles. The van der Waals surface area contributed by atoms with Crippen LogP contribution in [0.5, 0.6) is 0 Å². The Morgan fingerprint density at radius 3 is 2.70 bits per heavy atom. The van der Waals surface area contributed by atoms with Gasteiger partial charge in [0.05, 0.1) is 5.41 Å². The van der Waals surface area contributed by atoms with Crippen LogP contribution in [-0.4, -0.2) is 37.5 Å². The first-order valence-corrected chi connectivity index (χ1v) is 7.36. The second kappa shape index (κ2) is 5.17. The number of carbonyl (C=O) groups is 1. The molecule has 2 aliphatic rings. The van der Waals surface area contributed by atoms with Gasteiger partial charge in [0.1, 0.15) is 5.82 Å². The van der Waals surface area contributed by atoms with Crippen molar-refractivity contribution in [2.75, 3.05) is 26.7 Å². The van der Waals surface area contributed by atoms with E-state index < -0.39 is 0 Å². The Hall–Kier alpha value is -1.42. The minimum atomic E-state index is -0.359. The smallest absolute Gasteiger partial charge is 0.233 e. The first kappa shape index (κ1) is 13.6. The zero-order valence-corrected chi connectivity index (χ0v) is 11.9. The minimum absolute atomic E-state index is 0.239. The standard InChI is InChI=1S/C16H21FN2O/c1-18-10-12-6-9-19(11-12)15(20)16(7-8-16)13-2-4-14(17)5-3-13/h2-5,12,18H,6-11H2,1H3. The molecule has 1 saturated heterocycles. The summed E-state index contributed by atoms with van der Waals surface area (Å²) in [4.78, 5) is 14.8. The van der Waals surface area contributed by atoms with Gasteiger partial charge in [0.25, 0.3) is 0 Å². The fourth-order valence-electron chi connectivity index (χ4n) is 3.30. The van der Waals surface area contributed by atoms with Crippen LogP contribution < -0.4 is 5.32 Å². The summed E-state index contributed by atoms with van der Waals surface area (Å²) in [7, 11) is 1.95. The highest BCUT2D eigenvalue weighted by Gasteiger charge is 2.53. The van der Waals surface area contributed by atoms with E-state index in [2.05, 4.69) is 5.32 Å². The third-order valence-electron chi connectivity index (χ3n) is 4.62. The largest absolute Gasteiger partial charge is 0.342 e. The summed E-state index contributed by atoms with van der Waals surface area (Å²) in [6.45, 7) is 2.67. The van der Waals surface area contributed by atoms with Gasteiger partial charge in [-0.15, -0.1) is 0 Å². The zero-order valence-electron chi connectivity index (χ0n) is 11.9. The second-order valence-corrected chi connectivity index (χ2v) is 6.05. The van der Waals surface area contributed by atoms with Crippen LogP contribution in [-0.2, 0) is 10.2 Å². The normalized spacial score (nSPS) is 23.9. The lowest BCUT2D eigenvalue weighted by molar-refractivity contribution is -0.133. The summed E-state index contributed by atoms with van der Waals surface area (Å²) in [6, 6.07) is 6.44. The number of benzene rings is 1. The van der Waals surface area contributed by atoms with E-state index in [9.17, 15) is 9.18 Å². The number of carbonyl (C=O) groups excluding carboxylic acids is 1. The molecule has 1 aliphatic carbocycles. The molecule has 1 N–H and O–H groups in total.